The van der Waals surface area contributed by atoms with Crippen LogP contribution in [0.4, 0.5) is 5.00 Å². The fourth-order valence-electron chi connectivity index (χ4n) is 2.33. The van der Waals surface area contributed by atoms with Crippen molar-refractivity contribution in [2.45, 2.75) is 11.8 Å². The van der Waals surface area contributed by atoms with Gasteiger partial charge < -0.3 is 4.90 Å². The summed E-state index contributed by atoms with van der Waals surface area (Å²) in [6.07, 6.45) is 5.54. The minimum absolute atomic E-state index is 0.0351. The van der Waals surface area contributed by atoms with E-state index in [9.17, 15) is 4.79 Å². The van der Waals surface area contributed by atoms with E-state index in [0.717, 1.165) is 26.2 Å². The third-order valence-corrected chi connectivity index (χ3v) is 5.65. The normalized spacial score (nSPS) is 10.6. The molecule has 0 aliphatic rings. The average Bonchev–Trinajstić information content (AvgIpc) is 3.03. The third kappa shape index (κ3) is 3.34. The van der Waals surface area contributed by atoms with Crippen LogP contribution in [-0.4, -0.2) is 29.2 Å². The van der Waals surface area contributed by atoms with E-state index in [1.807, 2.05) is 49.6 Å². The number of thioether (sulfide) groups is 1. The molecule has 0 aliphatic carbocycles. The maximum Gasteiger partial charge on any atom is 0.258 e. The number of pyridine rings is 1. The molecule has 1 aromatic carbocycles. The molecule has 24 heavy (non-hydrogen) atoms. The van der Waals surface area contributed by atoms with Crippen LogP contribution < -0.4 is 4.90 Å². The highest BCUT2D eigenvalue weighted by Gasteiger charge is 2.19. The summed E-state index contributed by atoms with van der Waals surface area (Å²) in [5.41, 5.74) is 2.48. The number of aromatic nitrogens is 2. The van der Waals surface area contributed by atoms with E-state index in [4.69, 9.17) is 0 Å². The van der Waals surface area contributed by atoms with Crippen molar-refractivity contribution < 1.29 is 4.79 Å². The van der Waals surface area contributed by atoms with Crippen LogP contribution in [0, 0.1) is 6.92 Å². The van der Waals surface area contributed by atoms with Gasteiger partial charge in [0.25, 0.3) is 5.91 Å². The van der Waals surface area contributed by atoms with Crippen LogP contribution in [0.25, 0.3) is 10.6 Å². The number of carbonyl (C=O) groups excluding carboxylic acids is 1. The Balaban J connectivity index is 1.88. The van der Waals surface area contributed by atoms with Gasteiger partial charge in [0.2, 0.25) is 0 Å². The van der Waals surface area contributed by atoms with Crippen molar-refractivity contribution in [2.75, 3.05) is 18.2 Å². The van der Waals surface area contributed by atoms with E-state index in [1.165, 1.54) is 11.3 Å². The molecular weight excluding hydrogens is 338 g/mol. The van der Waals surface area contributed by atoms with Gasteiger partial charge in [-0.3, -0.25) is 9.78 Å². The van der Waals surface area contributed by atoms with Gasteiger partial charge in [0, 0.05) is 35.5 Å². The van der Waals surface area contributed by atoms with Crippen LogP contribution in [0.15, 0.2) is 53.7 Å². The largest absolute Gasteiger partial charge is 0.301 e. The number of hydrogen-bond donors (Lipinski definition) is 0. The number of anilines is 1. The van der Waals surface area contributed by atoms with Gasteiger partial charge in [-0.2, -0.15) is 0 Å². The highest BCUT2D eigenvalue weighted by Crippen LogP contribution is 2.34. The Bertz CT molecular complexity index is 844. The SMILES string of the molecule is CSc1ccc(C(=O)N(C)c2sc(-c3cccnc3)nc2C)cc1. The van der Waals surface area contributed by atoms with Gasteiger partial charge in [0.05, 0.1) is 5.69 Å². The highest BCUT2D eigenvalue weighted by atomic mass is 32.2. The molecule has 0 N–H and O–H groups in total. The second kappa shape index (κ2) is 7.15. The summed E-state index contributed by atoms with van der Waals surface area (Å²) in [7, 11) is 1.79. The molecule has 122 valence electrons. The molecule has 0 spiro atoms. The van der Waals surface area contributed by atoms with Crippen LogP contribution in [0.2, 0.25) is 0 Å². The number of benzene rings is 1. The molecule has 0 radical (unpaired) electrons. The number of aryl methyl sites for hydroxylation is 1. The summed E-state index contributed by atoms with van der Waals surface area (Å²) in [5.74, 6) is -0.0351. The quantitative estimate of drug-likeness (QED) is 0.646. The predicted octanol–water partition coefficient (Wildman–Crippen LogP) is 4.51. The number of nitrogens with zero attached hydrogens (tertiary/aromatic N) is 3. The molecule has 0 fully saturated rings. The Morgan fingerprint density at radius 3 is 2.58 bits per heavy atom. The molecular formula is C18H17N3OS2. The van der Waals surface area contributed by atoms with Crippen molar-refractivity contribution in [1.29, 1.82) is 0 Å². The van der Waals surface area contributed by atoms with Gasteiger partial charge in [-0.25, -0.2) is 4.98 Å². The van der Waals surface area contributed by atoms with Crippen LogP contribution in [0.5, 0.6) is 0 Å². The summed E-state index contributed by atoms with van der Waals surface area (Å²) in [6.45, 7) is 1.92. The van der Waals surface area contributed by atoms with Crippen LogP contribution in [-0.2, 0) is 0 Å². The molecule has 0 saturated carbocycles. The molecule has 0 unspecified atom stereocenters. The van der Waals surface area contributed by atoms with Crippen molar-refractivity contribution >= 4 is 34.0 Å². The first-order valence-corrected chi connectivity index (χ1v) is 9.44. The average molecular weight is 355 g/mol. The van der Waals surface area contributed by atoms with Gasteiger partial charge >= 0.3 is 0 Å². The highest BCUT2D eigenvalue weighted by molar-refractivity contribution is 7.98. The summed E-state index contributed by atoms with van der Waals surface area (Å²) in [5, 5.41) is 1.72. The van der Waals surface area contributed by atoms with Gasteiger partial charge in [-0.15, -0.1) is 11.8 Å². The molecule has 3 rings (SSSR count). The summed E-state index contributed by atoms with van der Waals surface area (Å²) in [6, 6.07) is 11.5. The lowest BCUT2D eigenvalue weighted by Crippen LogP contribution is -2.25. The molecule has 3 aromatic rings. The zero-order chi connectivity index (χ0) is 17.1. The van der Waals surface area contributed by atoms with Crippen molar-refractivity contribution in [2.24, 2.45) is 0 Å². The van der Waals surface area contributed by atoms with Gasteiger partial charge in [-0.1, -0.05) is 11.3 Å². The Kier molecular flexibility index (Phi) is 4.97. The van der Waals surface area contributed by atoms with Crippen molar-refractivity contribution in [3.05, 3.63) is 60.0 Å². The third-order valence-electron chi connectivity index (χ3n) is 3.63. The summed E-state index contributed by atoms with van der Waals surface area (Å²) >= 11 is 3.16. The van der Waals surface area contributed by atoms with Gasteiger partial charge in [0.1, 0.15) is 10.0 Å². The molecule has 0 bridgehead atoms. The first kappa shape index (κ1) is 16.7. The number of amides is 1. The zero-order valence-electron chi connectivity index (χ0n) is 13.7. The molecule has 4 nitrogen and oxygen atoms in total. The molecule has 2 heterocycles. The van der Waals surface area contributed by atoms with Crippen molar-refractivity contribution in [1.82, 2.24) is 9.97 Å². The van der Waals surface area contributed by atoms with E-state index >= 15 is 0 Å². The fourth-order valence-corrected chi connectivity index (χ4v) is 3.76. The van der Waals surface area contributed by atoms with Crippen molar-refractivity contribution in [3.8, 4) is 10.6 Å². The standard InChI is InChI=1S/C18H17N3OS2/c1-12-18(24-16(20-12)14-5-4-10-19-11-14)21(2)17(22)13-6-8-15(23-3)9-7-13/h4-11H,1-3H3. The Labute approximate surface area is 149 Å². The first-order valence-electron chi connectivity index (χ1n) is 7.40. The number of rotatable bonds is 4. The molecule has 0 saturated heterocycles. The minimum Gasteiger partial charge on any atom is -0.301 e. The molecule has 0 aliphatic heterocycles. The van der Waals surface area contributed by atoms with Crippen LogP contribution in [0.3, 0.4) is 0 Å². The maximum atomic E-state index is 12.7. The Hall–Kier alpha value is -2.18. The van der Waals surface area contributed by atoms with Crippen molar-refractivity contribution in [3.63, 3.8) is 0 Å². The summed E-state index contributed by atoms with van der Waals surface area (Å²) in [4.78, 5) is 24.3. The zero-order valence-corrected chi connectivity index (χ0v) is 15.3. The molecule has 2 aromatic heterocycles. The lowest BCUT2D eigenvalue weighted by molar-refractivity contribution is 0.0993. The van der Waals surface area contributed by atoms with Gasteiger partial charge in [-0.05, 0) is 49.6 Å². The molecule has 0 atom stereocenters. The monoisotopic (exact) mass is 355 g/mol. The van der Waals surface area contributed by atoms with Crippen LogP contribution in [0.1, 0.15) is 16.1 Å². The second-order valence-electron chi connectivity index (χ2n) is 5.24. The smallest absolute Gasteiger partial charge is 0.258 e. The maximum absolute atomic E-state index is 12.7. The van der Waals surface area contributed by atoms with E-state index in [-0.39, 0.29) is 5.91 Å². The fraction of sp³-hybridized carbons (Fsp3) is 0.167. The molecule has 1 amide bonds. The topological polar surface area (TPSA) is 46.1 Å². The van der Waals surface area contributed by atoms with E-state index < -0.39 is 0 Å². The number of hydrogen-bond acceptors (Lipinski definition) is 5. The van der Waals surface area contributed by atoms with E-state index in [0.29, 0.717) is 5.56 Å². The minimum atomic E-state index is -0.0351. The first-order chi connectivity index (χ1) is 11.6. The molecule has 6 heteroatoms. The lowest BCUT2D eigenvalue weighted by Gasteiger charge is -2.15. The lowest BCUT2D eigenvalue weighted by atomic mass is 10.2. The Morgan fingerprint density at radius 2 is 1.96 bits per heavy atom. The summed E-state index contributed by atoms with van der Waals surface area (Å²) < 4.78 is 0. The Morgan fingerprint density at radius 1 is 1.21 bits per heavy atom. The number of thiazole rings is 1. The van der Waals surface area contributed by atoms with E-state index in [2.05, 4.69) is 9.97 Å². The van der Waals surface area contributed by atoms with E-state index in [1.54, 1.807) is 36.1 Å². The second-order valence-corrected chi connectivity index (χ2v) is 7.10. The van der Waals surface area contributed by atoms with Crippen LogP contribution >= 0.6 is 23.1 Å². The predicted molar refractivity (Wildman–Crippen MR) is 101 cm³/mol. The van der Waals surface area contributed by atoms with Gasteiger partial charge in [0.15, 0.2) is 0 Å². The number of carbonyl (C=O) groups is 1.